The molecule has 28 heavy (non-hydrogen) atoms. The van der Waals surface area contributed by atoms with E-state index in [1.165, 1.54) is 11.1 Å². The number of esters is 1. The number of ketones is 1. The van der Waals surface area contributed by atoms with Crippen LogP contribution in [0.15, 0.2) is 72.8 Å². The summed E-state index contributed by atoms with van der Waals surface area (Å²) in [5.74, 6) is -0.621. The van der Waals surface area contributed by atoms with E-state index in [1.54, 1.807) is 6.07 Å². The number of ether oxygens (including phenoxy) is 1. The molecule has 0 heterocycles. The zero-order valence-corrected chi connectivity index (χ0v) is 15.7. The summed E-state index contributed by atoms with van der Waals surface area (Å²) < 4.78 is 5.35. The summed E-state index contributed by atoms with van der Waals surface area (Å²) in [5.41, 5.74) is 5.70. The lowest BCUT2D eigenvalue weighted by Crippen LogP contribution is -2.16. The molecule has 0 aliphatic heterocycles. The second-order valence-electron chi connectivity index (χ2n) is 7.16. The van der Waals surface area contributed by atoms with E-state index < -0.39 is 5.97 Å². The number of carbonyl (C=O) groups is 2. The summed E-state index contributed by atoms with van der Waals surface area (Å²) in [7, 11) is 0. The standard InChI is InChI=1S/C25H22O3/c26-24(22-14-13-19-10-6-11-20(19)16-22)17-28-25(27)23-12-5-4-9-21(23)15-18-7-2-1-3-8-18/h1-5,7-9,12-14,16H,6,10-11,15,17H2. The third-order valence-electron chi connectivity index (χ3n) is 5.23. The van der Waals surface area contributed by atoms with Crippen LogP contribution >= 0.6 is 0 Å². The van der Waals surface area contributed by atoms with E-state index in [0.717, 1.165) is 30.4 Å². The minimum Gasteiger partial charge on any atom is -0.454 e. The molecule has 0 N–H and O–H groups in total. The third-order valence-corrected chi connectivity index (χ3v) is 5.23. The van der Waals surface area contributed by atoms with Gasteiger partial charge in [0, 0.05) is 5.56 Å². The van der Waals surface area contributed by atoms with Gasteiger partial charge in [-0.1, -0.05) is 60.7 Å². The molecule has 1 aliphatic carbocycles. The summed E-state index contributed by atoms with van der Waals surface area (Å²) in [6.07, 6.45) is 3.88. The van der Waals surface area contributed by atoms with Crippen molar-refractivity contribution in [2.45, 2.75) is 25.7 Å². The Balaban J connectivity index is 1.43. The Bertz CT molecular complexity index is 1010. The molecule has 3 heteroatoms. The van der Waals surface area contributed by atoms with Gasteiger partial charge in [0.2, 0.25) is 0 Å². The fourth-order valence-corrected chi connectivity index (χ4v) is 3.73. The second kappa shape index (κ2) is 8.22. The van der Waals surface area contributed by atoms with Crippen LogP contribution in [0, 0.1) is 0 Å². The molecule has 4 rings (SSSR count). The highest BCUT2D eigenvalue weighted by Gasteiger charge is 2.17. The van der Waals surface area contributed by atoms with E-state index in [0.29, 0.717) is 17.5 Å². The molecule has 3 aromatic carbocycles. The number of benzene rings is 3. The molecule has 0 bridgehead atoms. The van der Waals surface area contributed by atoms with Gasteiger partial charge in [0.05, 0.1) is 5.56 Å². The lowest BCUT2D eigenvalue weighted by atomic mass is 10.00. The topological polar surface area (TPSA) is 43.4 Å². The van der Waals surface area contributed by atoms with Crippen LogP contribution in [0.25, 0.3) is 0 Å². The van der Waals surface area contributed by atoms with Gasteiger partial charge in [0.15, 0.2) is 12.4 Å². The molecule has 0 unspecified atom stereocenters. The van der Waals surface area contributed by atoms with Crippen molar-refractivity contribution < 1.29 is 14.3 Å². The Labute approximate surface area is 165 Å². The van der Waals surface area contributed by atoms with E-state index in [2.05, 4.69) is 0 Å². The van der Waals surface area contributed by atoms with Crippen LogP contribution in [0.2, 0.25) is 0 Å². The van der Waals surface area contributed by atoms with Crippen molar-refractivity contribution in [1.82, 2.24) is 0 Å². The van der Waals surface area contributed by atoms with Gasteiger partial charge in [-0.3, -0.25) is 4.79 Å². The molecule has 0 aromatic heterocycles. The fourth-order valence-electron chi connectivity index (χ4n) is 3.73. The number of carbonyl (C=O) groups excluding carboxylic acids is 2. The number of aryl methyl sites for hydroxylation is 2. The van der Waals surface area contributed by atoms with Crippen LogP contribution in [-0.2, 0) is 24.0 Å². The molecule has 0 radical (unpaired) electrons. The summed E-state index contributed by atoms with van der Waals surface area (Å²) >= 11 is 0. The fraction of sp³-hybridized carbons (Fsp3) is 0.200. The van der Waals surface area contributed by atoms with Gasteiger partial charge in [-0.15, -0.1) is 0 Å². The van der Waals surface area contributed by atoms with Crippen LogP contribution in [0.3, 0.4) is 0 Å². The Morgan fingerprint density at radius 1 is 0.821 bits per heavy atom. The van der Waals surface area contributed by atoms with Gasteiger partial charge in [0.25, 0.3) is 0 Å². The van der Waals surface area contributed by atoms with E-state index in [9.17, 15) is 9.59 Å². The second-order valence-corrected chi connectivity index (χ2v) is 7.16. The first-order chi connectivity index (χ1) is 13.7. The Morgan fingerprint density at radius 3 is 2.43 bits per heavy atom. The quantitative estimate of drug-likeness (QED) is 0.462. The number of hydrogen-bond acceptors (Lipinski definition) is 3. The average molecular weight is 370 g/mol. The average Bonchev–Trinajstić information content (AvgIpc) is 3.21. The Morgan fingerprint density at radius 2 is 1.57 bits per heavy atom. The predicted octanol–water partition coefficient (Wildman–Crippen LogP) is 4.81. The highest BCUT2D eigenvalue weighted by atomic mass is 16.5. The molecule has 0 saturated heterocycles. The number of fused-ring (bicyclic) bond motifs is 1. The van der Waals surface area contributed by atoms with E-state index in [1.807, 2.05) is 66.7 Å². The van der Waals surface area contributed by atoms with E-state index in [-0.39, 0.29) is 12.4 Å². The molecular formula is C25H22O3. The molecule has 3 aromatic rings. The van der Waals surface area contributed by atoms with Crippen molar-refractivity contribution >= 4 is 11.8 Å². The molecule has 0 spiro atoms. The highest BCUT2D eigenvalue weighted by molar-refractivity contribution is 5.99. The maximum Gasteiger partial charge on any atom is 0.338 e. The minimum atomic E-state index is -0.457. The molecule has 3 nitrogen and oxygen atoms in total. The molecular weight excluding hydrogens is 348 g/mol. The van der Waals surface area contributed by atoms with Crippen molar-refractivity contribution in [2.75, 3.05) is 6.61 Å². The van der Waals surface area contributed by atoms with Crippen LogP contribution in [0.1, 0.15) is 49.4 Å². The van der Waals surface area contributed by atoms with Gasteiger partial charge in [-0.2, -0.15) is 0 Å². The van der Waals surface area contributed by atoms with Gasteiger partial charge >= 0.3 is 5.97 Å². The van der Waals surface area contributed by atoms with Crippen molar-refractivity contribution in [2.24, 2.45) is 0 Å². The first-order valence-corrected chi connectivity index (χ1v) is 9.64. The van der Waals surface area contributed by atoms with E-state index in [4.69, 9.17) is 4.74 Å². The van der Waals surface area contributed by atoms with Crippen LogP contribution in [0.5, 0.6) is 0 Å². The Kier molecular flexibility index (Phi) is 5.34. The lowest BCUT2D eigenvalue weighted by Gasteiger charge is -2.10. The SMILES string of the molecule is O=C(COC(=O)c1ccccc1Cc1ccccc1)c1ccc2c(c1)CCC2. The number of hydrogen-bond donors (Lipinski definition) is 0. The summed E-state index contributed by atoms with van der Waals surface area (Å²) in [4.78, 5) is 25.1. The van der Waals surface area contributed by atoms with Gasteiger partial charge in [0.1, 0.15) is 0 Å². The largest absolute Gasteiger partial charge is 0.454 e. The summed E-state index contributed by atoms with van der Waals surface area (Å²) in [5, 5.41) is 0. The number of rotatable bonds is 6. The van der Waals surface area contributed by atoms with Crippen LogP contribution in [0.4, 0.5) is 0 Å². The van der Waals surface area contributed by atoms with Crippen molar-refractivity contribution in [1.29, 1.82) is 0 Å². The molecule has 0 amide bonds. The molecule has 140 valence electrons. The Hall–Kier alpha value is -3.20. The molecule has 1 aliphatic rings. The van der Waals surface area contributed by atoms with Crippen molar-refractivity contribution in [3.05, 3.63) is 106 Å². The van der Waals surface area contributed by atoms with Gasteiger partial charge in [-0.05, 0) is 60.1 Å². The first-order valence-electron chi connectivity index (χ1n) is 9.64. The summed E-state index contributed by atoms with van der Waals surface area (Å²) in [6.45, 7) is -0.239. The zero-order chi connectivity index (χ0) is 19.3. The van der Waals surface area contributed by atoms with Crippen molar-refractivity contribution in [3.63, 3.8) is 0 Å². The molecule has 0 atom stereocenters. The maximum atomic E-state index is 12.6. The first kappa shape index (κ1) is 18.2. The number of Topliss-reactive ketones (excluding diaryl/α,β-unsaturated/α-hetero) is 1. The maximum absolute atomic E-state index is 12.6. The molecule has 0 fully saturated rings. The smallest absolute Gasteiger partial charge is 0.338 e. The lowest BCUT2D eigenvalue weighted by molar-refractivity contribution is 0.0474. The van der Waals surface area contributed by atoms with E-state index >= 15 is 0 Å². The zero-order valence-electron chi connectivity index (χ0n) is 15.7. The van der Waals surface area contributed by atoms with Gasteiger partial charge < -0.3 is 4.74 Å². The summed E-state index contributed by atoms with van der Waals surface area (Å²) in [6, 6.07) is 23.2. The van der Waals surface area contributed by atoms with Crippen LogP contribution < -0.4 is 0 Å². The predicted molar refractivity (Wildman–Crippen MR) is 109 cm³/mol. The molecule has 0 saturated carbocycles. The third kappa shape index (κ3) is 4.04. The minimum absolute atomic E-state index is 0.163. The van der Waals surface area contributed by atoms with Gasteiger partial charge in [-0.25, -0.2) is 4.79 Å². The highest BCUT2D eigenvalue weighted by Crippen LogP contribution is 2.23. The normalized spacial score (nSPS) is 12.4. The van der Waals surface area contributed by atoms with Crippen LogP contribution in [-0.4, -0.2) is 18.4 Å². The van der Waals surface area contributed by atoms with Crippen molar-refractivity contribution in [3.8, 4) is 0 Å². The monoisotopic (exact) mass is 370 g/mol.